The van der Waals surface area contributed by atoms with E-state index < -0.39 is 38.6 Å². The summed E-state index contributed by atoms with van der Waals surface area (Å²) in [6.45, 7) is -0.225. The summed E-state index contributed by atoms with van der Waals surface area (Å²) in [5.74, 6) is -1.30. The van der Waals surface area contributed by atoms with Gasteiger partial charge in [-0.25, -0.2) is 12.7 Å². The minimum Gasteiger partial charge on any atom is -0.326 e. The lowest BCUT2D eigenvalue weighted by Gasteiger charge is -2.15. The van der Waals surface area contributed by atoms with Crippen LogP contribution < -0.4 is 5.32 Å². The van der Waals surface area contributed by atoms with Gasteiger partial charge in [-0.2, -0.15) is 13.2 Å². The summed E-state index contributed by atoms with van der Waals surface area (Å²) >= 11 is 5.53. The fraction of sp³-hybridized carbons (Fsp3) is 0.222. The molecular weight excluding hydrogens is 433 g/mol. The first-order valence-electron chi connectivity index (χ1n) is 8.34. The van der Waals surface area contributed by atoms with Gasteiger partial charge in [0.2, 0.25) is 5.91 Å². The molecule has 2 aromatic rings. The maximum absolute atomic E-state index is 12.9. The van der Waals surface area contributed by atoms with Crippen LogP contribution in [0.3, 0.4) is 0 Å². The Hall–Kier alpha value is -2.59. The summed E-state index contributed by atoms with van der Waals surface area (Å²) in [7, 11) is -3.97. The van der Waals surface area contributed by atoms with Crippen molar-refractivity contribution in [1.82, 2.24) is 4.31 Å². The number of nitrogens with one attached hydrogen (secondary N) is 1. The molecule has 2 amide bonds. The third kappa shape index (κ3) is 4.23. The van der Waals surface area contributed by atoms with Crippen LogP contribution in [0, 0.1) is 0 Å². The Bertz CT molecular complexity index is 1090. The topological polar surface area (TPSA) is 83.6 Å². The van der Waals surface area contributed by atoms with Gasteiger partial charge in [0, 0.05) is 18.7 Å². The van der Waals surface area contributed by atoms with E-state index in [0.29, 0.717) is 10.4 Å². The van der Waals surface area contributed by atoms with Gasteiger partial charge in [-0.05, 0) is 36.8 Å². The van der Waals surface area contributed by atoms with Gasteiger partial charge in [0.25, 0.3) is 15.9 Å². The van der Waals surface area contributed by atoms with Gasteiger partial charge in [0.05, 0.1) is 16.1 Å². The third-order valence-electron chi connectivity index (χ3n) is 4.23. The van der Waals surface area contributed by atoms with Gasteiger partial charge in [-0.1, -0.05) is 23.7 Å². The summed E-state index contributed by atoms with van der Waals surface area (Å²) in [5, 5.41) is 1.81. The van der Waals surface area contributed by atoms with Gasteiger partial charge in [0.15, 0.2) is 0 Å². The number of halogens is 4. The van der Waals surface area contributed by atoms with E-state index in [1.54, 1.807) is 6.07 Å². The summed E-state index contributed by atoms with van der Waals surface area (Å²) in [4.78, 5) is 24.2. The molecule has 0 bridgehead atoms. The lowest BCUT2D eigenvalue weighted by molar-refractivity contribution is -0.137. The van der Waals surface area contributed by atoms with Crippen LogP contribution in [0.4, 0.5) is 18.9 Å². The summed E-state index contributed by atoms with van der Waals surface area (Å²) in [6, 6.07) is 8.74. The molecule has 29 heavy (non-hydrogen) atoms. The number of rotatable bonds is 5. The van der Waals surface area contributed by atoms with E-state index in [-0.39, 0.29) is 35.5 Å². The average Bonchev–Trinajstić information content (AvgIpc) is 2.83. The number of amides is 2. The molecule has 1 N–H and O–H groups in total. The molecule has 0 aromatic heterocycles. The minimum atomic E-state index is -4.67. The highest BCUT2D eigenvalue weighted by Crippen LogP contribution is 2.36. The van der Waals surface area contributed by atoms with Crippen LogP contribution >= 0.6 is 11.6 Å². The maximum Gasteiger partial charge on any atom is 0.417 e. The Balaban J connectivity index is 1.61. The summed E-state index contributed by atoms with van der Waals surface area (Å²) in [5.41, 5.74) is -1.11. The molecular formula is C18H14ClF3N2O4S. The van der Waals surface area contributed by atoms with Crippen molar-refractivity contribution in [1.29, 1.82) is 0 Å². The fourth-order valence-corrected chi connectivity index (χ4v) is 4.71. The van der Waals surface area contributed by atoms with Gasteiger partial charge in [0.1, 0.15) is 4.90 Å². The first kappa shape index (κ1) is 21.1. The van der Waals surface area contributed by atoms with Gasteiger partial charge < -0.3 is 5.32 Å². The lowest BCUT2D eigenvalue weighted by atomic mass is 10.2. The number of nitrogens with zero attached hydrogens (tertiary/aromatic N) is 1. The molecule has 0 radical (unpaired) electrons. The fourth-order valence-electron chi connectivity index (χ4n) is 2.88. The molecule has 1 aliphatic rings. The predicted octanol–water partition coefficient (Wildman–Crippen LogP) is 3.92. The van der Waals surface area contributed by atoms with Crippen molar-refractivity contribution in [2.24, 2.45) is 0 Å². The quantitative estimate of drug-likeness (QED) is 0.754. The number of hydrogen-bond donors (Lipinski definition) is 1. The number of alkyl halides is 3. The Morgan fingerprint density at radius 3 is 2.48 bits per heavy atom. The zero-order chi connectivity index (χ0) is 21.4. The van der Waals surface area contributed by atoms with E-state index in [9.17, 15) is 31.2 Å². The van der Waals surface area contributed by atoms with Crippen LogP contribution in [0.2, 0.25) is 5.02 Å². The van der Waals surface area contributed by atoms with Crippen LogP contribution in [0.25, 0.3) is 0 Å². The number of carbonyl (C=O) groups is 2. The molecule has 11 heteroatoms. The molecule has 0 saturated heterocycles. The first-order chi connectivity index (χ1) is 13.5. The predicted molar refractivity (Wildman–Crippen MR) is 99.0 cm³/mol. The van der Waals surface area contributed by atoms with E-state index in [4.69, 9.17) is 11.6 Å². The molecule has 0 saturated carbocycles. The molecule has 1 aliphatic heterocycles. The normalized spacial score (nSPS) is 15.3. The van der Waals surface area contributed by atoms with Gasteiger partial charge >= 0.3 is 6.18 Å². The largest absolute Gasteiger partial charge is 0.417 e. The smallest absolute Gasteiger partial charge is 0.326 e. The van der Waals surface area contributed by atoms with Crippen molar-refractivity contribution >= 4 is 39.1 Å². The highest BCUT2D eigenvalue weighted by molar-refractivity contribution is 7.90. The van der Waals surface area contributed by atoms with Crippen molar-refractivity contribution < 1.29 is 31.2 Å². The second-order valence-electron chi connectivity index (χ2n) is 6.22. The zero-order valence-corrected chi connectivity index (χ0v) is 16.2. The van der Waals surface area contributed by atoms with Crippen LogP contribution in [-0.2, 0) is 21.0 Å². The van der Waals surface area contributed by atoms with E-state index in [0.717, 1.165) is 6.07 Å². The average molecular weight is 447 g/mol. The van der Waals surface area contributed by atoms with Gasteiger partial charge in [-0.3, -0.25) is 9.59 Å². The van der Waals surface area contributed by atoms with Crippen LogP contribution in [-0.4, -0.2) is 31.1 Å². The second kappa shape index (κ2) is 7.68. The Morgan fingerprint density at radius 1 is 1.14 bits per heavy atom. The van der Waals surface area contributed by atoms with E-state index >= 15 is 0 Å². The van der Waals surface area contributed by atoms with Crippen molar-refractivity contribution in [2.45, 2.75) is 23.9 Å². The highest BCUT2D eigenvalue weighted by atomic mass is 35.5. The number of benzene rings is 2. The number of carbonyl (C=O) groups excluding carboxylic acids is 2. The molecule has 0 fully saturated rings. The number of sulfonamides is 1. The number of hydrogen-bond acceptors (Lipinski definition) is 4. The minimum absolute atomic E-state index is 0.00447. The van der Waals surface area contributed by atoms with Crippen LogP contribution in [0.5, 0.6) is 0 Å². The maximum atomic E-state index is 12.9. The molecule has 0 spiro atoms. The van der Waals surface area contributed by atoms with Crippen molar-refractivity contribution in [3.8, 4) is 0 Å². The zero-order valence-electron chi connectivity index (χ0n) is 14.7. The number of anilines is 1. The van der Waals surface area contributed by atoms with E-state index in [2.05, 4.69) is 5.32 Å². The van der Waals surface area contributed by atoms with Crippen LogP contribution in [0.15, 0.2) is 47.4 Å². The molecule has 3 rings (SSSR count). The third-order valence-corrected chi connectivity index (χ3v) is 6.40. The molecule has 0 unspecified atom stereocenters. The van der Waals surface area contributed by atoms with Crippen molar-refractivity contribution in [3.63, 3.8) is 0 Å². The monoisotopic (exact) mass is 446 g/mol. The molecule has 1 heterocycles. The molecule has 0 atom stereocenters. The number of fused-ring (bicyclic) bond motifs is 1. The standard InChI is InChI=1S/C18H14ClF3N2O4S/c19-14-8-7-11(10-13(14)18(20,21)22)23-16(25)6-3-9-24-17(26)12-4-1-2-5-15(12)29(24,27)28/h1-2,4-5,7-8,10H,3,6,9H2,(H,23,25). The van der Waals surface area contributed by atoms with Crippen LogP contribution in [0.1, 0.15) is 28.8 Å². The molecule has 154 valence electrons. The van der Waals surface area contributed by atoms with E-state index in [1.165, 1.54) is 24.3 Å². The Labute approximate surface area is 169 Å². The first-order valence-corrected chi connectivity index (χ1v) is 10.2. The Morgan fingerprint density at radius 2 is 1.83 bits per heavy atom. The van der Waals surface area contributed by atoms with Crippen molar-refractivity contribution in [3.05, 3.63) is 58.6 Å². The summed E-state index contributed by atoms with van der Waals surface area (Å²) < 4.78 is 64.1. The molecule has 2 aromatic carbocycles. The molecule has 6 nitrogen and oxygen atoms in total. The molecule has 0 aliphatic carbocycles. The van der Waals surface area contributed by atoms with Gasteiger partial charge in [-0.15, -0.1) is 0 Å². The van der Waals surface area contributed by atoms with E-state index in [1.807, 2.05) is 0 Å². The van der Waals surface area contributed by atoms with Crippen molar-refractivity contribution in [2.75, 3.05) is 11.9 Å². The second-order valence-corrected chi connectivity index (χ2v) is 8.46. The lowest BCUT2D eigenvalue weighted by Crippen LogP contribution is -2.31. The SMILES string of the molecule is O=C(CCCN1C(=O)c2ccccc2S1(=O)=O)Nc1ccc(Cl)c(C(F)(F)F)c1. The summed E-state index contributed by atoms with van der Waals surface area (Å²) in [6.07, 6.45) is -4.86. The highest BCUT2D eigenvalue weighted by Gasteiger charge is 2.40. The Kier molecular flexibility index (Phi) is 5.59.